The molecular formula is C9H17NO. The van der Waals surface area contributed by atoms with Crippen LogP contribution in [0.3, 0.4) is 0 Å². The fourth-order valence-electron chi connectivity index (χ4n) is 1.15. The molecule has 0 aromatic heterocycles. The normalized spacial score (nSPS) is 26.6. The van der Waals surface area contributed by atoms with Crippen molar-refractivity contribution >= 4 is 0 Å². The summed E-state index contributed by atoms with van der Waals surface area (Å²) in [4.78, 5) is 0. The van der Waals surface area contributed by atoms with E-state index < -0.39 is 0 Å². The van der Waals surface area contributed by atoms with Crippen molar-refractivity contribution in [3.05, 3.63) is 11.8 Å². The van der Waals surface area contributed by atoms with E-state index in [2.05, 4.69) is 26.8 Å². The van der Waals surface area contributed by atoms with Crippen molar-refractivity contribution in [1.82, 2.24) is 0 Å². The van der Waals surface area contributed by atoms with Crippen LogP contribution in [0, 0.1) is 5.92 Å². The van der Waals surface area contributed by atoms with Gasteiger partial charge in [-0.25, -0.2) is 0 Å². The molecule has 2 N–H and O–H groups in total. The van der Waals surface area contributed by atoms with Gasteiger partial charge in [0.05, 0.1) is 12.1 Å². The van der Waals surface area contributed by atoms with Crippen LogP contribution in [0.4, 0.5) is 0 Å². The maximum Gasteiger partial charge on any atom is 0.109 e. The van der Waals surface area contributed by atoms with E-state index in [4.69, 9.17) is 10.5 Å². The van der Waals surface area contributed by atoms with E-state index >= 15 is 0 Å². The molecule has 1 aliphatic rings. The predicted octanol–water partition coefficient (Wildman–Crippen LogP) is 1.66. The largest absolute Gasteiger partial charge is 0.493 e. The van der Waals surface area contributed by atoms with Crippen molar-refractivity contribution in [3.63, 3.8) is 0 Å². The predicted molar refractivity (Wildman–Crippen MR) is 46.1 cm³/mol. The van der Waals surface area contributed by atoms with Crippen LogP contribution in [0.5, 0.6) is 0 Å². The first-order valence-corrected chi connectivity index (χ1v) is 4.23. The van der Waals surface area contributed by atoms with Crippen LogP contribution in [-0.2, 0) is 4.74 Å². The highest BCUT2D eigenvalue weighted by Crippen LogP contribution is 2.21. The average molecular weight is 155 g/mol. The van der Waals surface area contributed by atoms with Crippen LogP contribution in [-0.4, -0.2) is 12.1 Å². The molecule has 0 amide bonds. The molecule has 0 saturated carbocycles. The second-order valence-corrected chi connectivity index (χ2v) is 3.54. The second kappa shape index (κ2) is 3.26. The summed E-state index contributed by atoms with van der Waals surface area (Å²) in [7, 11) is 0. The zero-order valence-electron chi connectivity index (χ0n) is 7.50. The van der Waals surface area contributed by atoms with Gasteiger partial charge >= 0.3 is 0 Å². The molecule has 11 heavy (non-hydrogen) atoms. The van der Waals surface area contributed by atoms with Crippen molar-refractivity contribution in [2.75, 3.05) is 0 Å². The SMILES string of the molecule is CC1CC=C([C@H](N)C(C)C)O1. The molecule has 0 saturated heterocycles. The van der Waals surface area contributed by atoms with Gasteiger partial charge in [-0.05, 0) is 18.9 Å². The van der Waals surface area contributed by atoms with E-state index in [9.17, 15) is 0 Å². The number of hydrogen-bond donors (Lipinski definition) is 1. The fraction of sp³-hybridized carbons (Fsp3) is 0.778. The molecular weight excluding hydrogens is 138 g/mol. The van der Waals surface area contributed by atoms with E-state index in [1.807, 2.05) is 0 Å². The van der Waals surface area contributed by atoms with E-state index in [0.717, 1.165) is 12.2 Å². The Bertz CT molecular complexity index is 163. The van der Waals surface area contributed by atoms with Crippen molar-refractivity contribution < 1.29 is 4.74 Å². The summed E-state index contributed by atoms with van der Waals surface area (Å²) in [5, 5.41) is 0. The summed E-state index contributed by atoms with van der Waals surface area (Å²) in [6, 6.07) is 0.0833. The minimum atomic E-state index is 0.0833. The molecule has 1 heterocycles. The summed E-state index contributed by atoms with van der Waals surface area (Å²) in [6.45, 7) is 6.28. The average Bonchev–Trinajstić information content (AvgIpc) is 2.34. The van der Waals surface area contributed by atoms with Gasteiger partial charge < -0.3 is 10.5 Å². The minimum absolute atomic E-state index is 0.0833. The van der Waals surface area contributed by atoms with Crippen molar-refractivity contribution in [3.8, 4) is 0 Å². The third-order valence-electron chi connectivity index (χ3n) is 2.03. The molecule has 2 heteroatoms. The van der Waals surface area contributed by atoms with Gasteiger partial charge in [-0.15, -0.1) is 0 Å². The molecule has 2 atom stereocenters. The lowest BCUT2D eigenvalue weighted by Crippen LogP contribution is -2.29. The minimum Gasteiger partial charge on any atom is -0.493 e. The number of rotatable bonds is 2. The van der Waals surface area contributed by atoms with Gasteiger partial charge in [0.1, 0.15) is 5.76 Å². The smallest absolute Gasteiger partial charge is 0.109 e. The Morgan fingerprint density at radius 1 is 1.64 bits per heavy atom. The highest BCUT2D eigenvalue weighted by atomic mass is 16.5. The van der Waals surface area contributed by atoms with Crippen LogP contribution in [0.1, 0.15) is 27.2 Å². The van der Waals surface area contributed by atoms with Gasteiger partial charge in [0.15, 0.2) is 0 Å². The first-order chi connectivity index (χ1) is 5.11. The molecule has 1 unspecified atom stereocenters. The van der Waals surface area contributed by atoms with Gasteiger partial charge in [-0.2, -0.15) is 0 Å². The van der Waals surface area contributed by atoms with Crippen LogP contribution >= 0.6 is 0 Å². The van der Waals surface area contributed by atoms with Gasteiger partial charge in [0.25, 0.3) is 0 Å². The van der Waals surface area contributed by atoms with Gasteiger partial charge in [-0.3, -0.25) is 0 Å². The molecule has 0 fully saturated rings. The number of ether oxygens (including phenoxy) is 1. The quantitative estimate of drug-likeness (QED) is 0.658. The summed E-state index contributed by atoms with van der Waals surface area (Å²) < 4.78 is 5.52. The van der Waals surface area contributed by atoms with E-state index in [1.165, 1.54) is 0 Å². The van der Waals surface area contributed by atoms with Crippen molar-refractivity contribution in [2.24, 2.45) is 11.7 Å². The lowest BCUT2D eigenvalue weighted by Gasteiger charge is -2.18. The fourth-order valence-corrected chi connectivity index (χ4v) is 1.15. The Hall–Kier alpha value is -0.500. The summed E-state index contributed by atoms with van der Waals surface area (Å²) >= 11 is 0. The summed E-state index contributed by atoms with van der Waals surface area (Å²) in [6.07, 6.45) is 3.44. The zero-order chi connectivity index (χ0) is 8.43. The monoisotopic (exact) mass is 155 g/mol. The van der Waals surface area contributed by atoms with Crippen LogP contribution in [0.25, 0.3) is 0 Å². The van der Waals surface area contributed by atoms with Gasteiger partial charge in [0.2, 0.25) is 0 Å². The maximum absolute atomic E-state index is 5.89. The Kier molecular flexibility index (Phi) is 2.55. The third-order valence-corrected chi connectivity index (χ3v) is 2.03. The van der Waals surface area contributed by atoms with Gasteiger partial charge in [0, 0.05) is 6.42 Å². The summed E-state index contributed by atoms with van der Waals surface area (Å²) in [5.74, 6) is 1.44. The highest BCUT2D eigenvalue weighted by molar-refractivity contribution is 5.08. The topological polar surface area (TPSA) is 35.2 Å². The Balaban J connectivity index is 2.49. The lowest BCUT2D eigenvalue weighted by molar-refractivity contribution is 0.139. The van der Waals surface area contributed by atoms with Gasteiger partial charge in [-0.1, -0.05) is 13.8 Å². The Morgan fingerprint density at radius 3 is 2.64 bits per heavy atom. The molecule has 2 nitrogen and oxygen atoms in total. The van der Waals surface area contributed by atoms with Crippen molar-refractivity contribution in [2.45, 2.75) is 39.3 Å². The molecule has 0 aliphatic carbocycles. The maximum atomic E-state index is 5.89. The molecule has 0 radical (unpaired) electrons. The molecule has 1 aliphatic heterocycles. The first-order valence-electron chi connectivity index (χ1n) is 4.23. The number of hydrogen-bond acceptors (Lipinski definition) is 2. The van der Waals surface area contributed by atoms with E-state index in [-0.39, 0.29) is 6.04 Å². The Labute approximate surface area is 68.4 Å². The highest BCUT2D eigenvalue weighted by Gasteiger charge is 2.21. The second-order valence-electron chi connectivity index (χ2n) is 3.54. The van der Waals surface area contributed by atoms with Crippen LogP contribution < -0.4 is 5.73 Å². The summed E-state index contributed by atoms with van der Waals surface area (Å²) in [5.41, 5.74) is 5.89. The van der Waals surface area contributed by atoms with E-state index in [0.29, 0.717) is 12.0 Å². The zero-order valence-corrected chi connectivity index (χ0v) is 7.50. The molecule has 0 bridgehead atoms. The first kappa shape index (κ1) is 8.60. The standard InChI is InChI=1S/C9H17NO/c1-6(2)9(10)8-5-4-7(3)11-8/h5-7,9H,4,10H2,1-3H3/t7?,9-/m1/s1. The molecule has 0 spiro atoms. The molecule has 0 aromatic rings. The van der Waals surface area contributed by atoms with Crippen molar-refractivity contribution in [1.29, 1.82) is 0 Å². The van der Waals surface area contributed by atoms with Crippen LogP contribution in [0.2, 0.25) is 0 Å². The Morgan fingerprint density at radius 2 is 2.27 bits per heavy atom. The third kappa shape index (κ3) is 1.96. The molecule has 64 valence electrons. The van der Waals surface area contributed by atoms with E-state index in [1.54, 1.807) is 0 Å². The molecule has 0 aromatic carbocycles. The van der Waals surface area contributed by atoms with Crippen LogP contribution in [0.15, 0.2) is 11.8 Å². The molecule has 1 rings (SSSR count). The number of nitrogens with two attached hydrogens (primary N) is 1. The lowest BCUT2D eigenvalue weighted by atomic mass is 10.0.